The third kappa shape index (κ3) is 5.00. The Morgan fingerprint density at radius 3 is 2.65 bits per heavy atom. The number of rotatable bonds is 8. The van der Waals surface area contributed by atoms with Crippen LogP contribution in [0.4, 0.5) is 0 Å². The SMILES string of the molecule is COc1cc(/C=C/C(=O)NC(C(=O)N2CCCC2C(=O)OC2CC3CCC2(C)C3(C)C)c2cccs2)ccc1O. The molecule has 9 heteroatoms. The fourth-order valence-electron chi connectivity index (χ4n) is 6.84. The number of aromatic hydroxyl groups is 1. The molecule has 1 aromatic carbocycles. The molecule has 1 aromatic heterocycles. The third-order valence-electron chi connectivity index (χ3n) is 9.77. The summed E-state index contributed by atoms with van der Waals surface area (Å²) in [5, 5.41) is 14.5. The highest BCUT2D eigenvalue weighted by Gasteiger charge is 2.63. The first kappa shape index (κ1) is 28.2. The summed E-state index contributed by atoms with van der Waals surface area (Å²) in [5.41, 5.74) is 0.724. The Bertz CT molecular complexity index is 1300. The number of nitrogens with zero attached hydrogens (tertiary/aromatic N) is 1. The first-order valence-corrected chi connectivity index (χ1v) is 14.8. The number of carbonyl (C=O) groups excluding carboxylic acids is 3. The lowest BCUT2D eigenvalue weighted by molar-refractivity contribution is -0.165. The van der Waals surface area contributed by atoms with E-state index in [0.717, 1.165) is 12.8 Å². The normalized spacial score (nSPS) is 27.6. The molecular formula is C31H38N2O6S. The molecule has 8 nitrogen and oxygen atoms in total. The van der Waals surface area contributed by atoms with Gasteiger partial charge in [0.2, 0.25) is 5.91 Å². The average Bonchev–Trinajstić information content (AvgIpc) is 3.71. The number of benzene rings is 1. The maximum absolute atomic E-state index is 13.9. The zero-order chi connectivity index (χ0) is 28.7. The van der Waals surface area contributed by atoms with Gasteiger partial charge in [-0.2, -0.15) is 0 Å². The highest BCUT2D eigenvalue weighted by molar-refractivity contribution is 7.10. The van der Waals surface area contributed by atoms with Gasteiger partial charge in [0.25, 0.3) is 5.91 Å². The topological polar surface area (TPSA) is 105 Å². The van der Waals surface area contributed by atoms with Crippen LogP contribution < -0.4 is 10.1 Å². The van der Waals surface area contributed by atoms with Crippen molar-refractivity contribution in [3.63, 3.8) is 0 Å². The number of hydrogen-bond donors (Lipinski definition) is 2. The molecule has 2 saturated carbocycles. The molecule has 1 aliphatic heterocycles. The molecule has 0 spiro atoms. The van der Waals surface area contributed by atoms with Gasteiger partial charge in [0.15, 0.2) is 11.5 Å². The van der Waals surface area contributed by atoms with Gasteiger partial charge in [-0.3, -0.25) is 9.59 Å². The van der Waals surface area contributed by atoms with Crippen LogP contribution in [-0.2, 0) is 19.1 Å². The number of phenolic OH excluding ortho intramolecular Hbond substituents is 1. The summed E-state index contributed by atoms with van der Waals surface area (Å²) in [6.45, 7) is 7.24. The molecule has 214 valence electrons. The molecule has 2 heterocycles. The number of esters is 1. The largest absolute Gasteiger partial charge is 0.504 e. The molecule has 1 saturated heterocycles. The van der Waals surface area contributed by atoms with Gasteiger partial charge in [-0.05, 0) is 78.7 Å². The monoisotopic (exact) mass is 566 g/mol. The molecule has 2 bridgehead atoms. The van der Waals surface area contributed by atoms with Gasteiger partial charge in [-0.15, -0.1) is 11.3 Å². The fraction of sp³-hybridized carbons (Fsp3) is 0.516. The van der Waals surface area contributed by atoms with E-state index in [1.807, 2.05) is 17.5 Å². The molecular weight excluding hydrogens is 528 g/mol. The number of hydrogen-bond acceptors (Lipinski definition) is 7. The van der Waals surface area contributed by atoms with E-state index in [1.54, 1.807) is 23.1 Å². The second kappa shape index (κ2) is 10.9. The van der Waals surface area contributed by atoms with Crippen LogP contribution in [0.15, 0.2) is 41.8 Å². The molecule has 3 aliphatic rings. The van der Waals surface area contributed by atoms with E-state index in [0.29, 0.717) is 41.5 Å². The van der Waals surface area contributed by atoms with Crippen molar-refractivity contribution in [1.82, 2.24) is 10.2 Å². The minimum atomic E-state index is -0.918. The van der Waals surface area contributed by atoms with E-state index < -0.39 is 18.0 Å². The van der Waals surface area contributed by atoms with Crippen molar-refractivity contribution in [2.24, 2.45) is 16.7 Å². The number of nitrogens with one attached hydrogen (secondary N) is 1. The number of methoxy groups -OCH3 is 1. The summed E-state index contributed by atoms with van der Waals surface area (Å²) in [6, 6.07) is 6.82. The van der Waals surface area contributed by atoms with Crippen LogP contribution in [0, 0.1) is 16.7 Å². The minimum Gasteiger partial charge on any atom is -0.504 e. The maximum Gasteiger partial charge on any atom is 0.329 e. The average molecular weight is 567 g/mol. The van der Waals surface area contributed by atoms with Crippen LogP contribution in [0.2, 0.25) is 0 Å². The minimum absolute atomic E-state index is 0.00408. The number of carbonyl (C=O) groups is 3. The maximum atomic E-state index is 13.9. The second-order valence-corrected chi connectivity index (χ2v) is 12.9. The standard InChI is InChI=1S/C31H38N2O6S/c1-30(2)20-13-14-31(30,3)25(18-20)39-29(37)21-7-5-15-33(21)28(36)27(24-8-6-16-40-24)32-26(35)12-10-19-9-11-22(34)23(17-19)38-4/h6,8-12,16-17,20-21,25,27,34H,5,7,13-15,18H2,1-4H3,(H,32,35)/b12-10+. The summed E-state index contributed by atoms with van der Waals surface area (Å²) in [4.78, 5) is 42.6. The molecule has 5 unspecified atom stereocenters. The van der Waals surface area contributed by atoms with Crippen molar-refractivity contribution >= 4 is 35.2 Å². The highest BCUT2D eigenvalue weighted by Crippen LogP contribution is 2.66. The van der Waals surface area contributed by atoms with E-state index >= 15 is 0 Å². The van der Waals surface area contributed by atoms with Crippen molar-refractivity contribution in [3.05, 3.63) is 52.2 Å². The zero-order valence-corrected chi connectivity index (χ0v) is 24.3. The van der Waals surface area contributed by atoms with Gasteiger partial charge in [-0.25, -0.2) is 4.79 Å². The Balaban J connectivity index is 1.29. The van der Waals surface area contributed by atoms with Gasteiger partial charge >= 0.3 is 5.97 Å². The Labute approximate surface area is 239 Å². The first-order valence-electron chi connectivity index (χ1n) is 13.9. The summed E-state index contributed by atoms with van der Waals surface area (Å²) in [7, 11) is 1.45. The Morgan fingerprint density at radius 2 is 2.00 bits per heavy atom. The zero-order valence-electron chi connectivity index (χ0n) is 23.5. The molecule has 3 fully saturated rings. The smallest absolute Gasteiger partial charge is 0.329 e. The van der Waals surface area contributed by atoms with E-state index in [-0.39, 0.29) is 34.6 Å². The second-order valence-electron chi connectivity index (χ2n) is 11.9. The molecule has 5 rings (SSSR count). The predicted octanol–water partition coefficient (Wildman–Crippen LogP) is 5.08. The van der Waals surface area contributed by atoms with E-state index in [9.17, 15) is 19.5 Å². The van der Waals surface area contributed by atoms with Gasteiger partial charge in [0.05, 0.1) is 7.11 Å². The lowest BCUT2D eigenvalue weighted by atomic mass is 9.70. The third-order valence-corrected chi connectivity index (χ3v) is 10.7. The number of amides is 2. The molecule has 2 N–H and O–H groups in total. The van der Waals surface area contributed by atoms with Crippen molar-refractivity contribution in [1.29, 1.82) is 0 Å². The Hall–Kier alpha value is -3.33. The van der Waals surface area contributed by atoms with Crippen LogP contribution in [0.3, 0.4) is 0 Å². The Kier molecular flexibility index (Phi) is 7.70. The number of phenols is 1. The number of thiophene rings is 1. The van der Waals surface area contributed by atoms with Crippen LogP contribution in [0.25, 0.3) is 6.08 Å². The highest BCUT2D eigenvalue weighted by atomic mass is 32.1. The van der Waals surface area contributed by atoms with Crippen molar-refractivity contribution in [2.75, 3.05) is 13.7 Å². The summed E-state index contributed by atoms with van der Waals surface area (Å²) >= 11 is 1.38. The van der Waals surface area contributed by atoms with Crippen LogP contribution >= 0.6 is 11.3 Å². The van der Waals surface area contributed by atoms with Gasteiger partial charge in [0.1, 0.15) is 18.2 Å². The molecule has 40 heavy (non-hydrogen) atoms. The summed E-state index contributed by atoms with van der Waals surface area (Å²) in [5.74, 6) is -0.249. The van der Waals surface area contributed by atoms with Crippen LogP contribution in [-0.4, -0.2) is 53.6 Å². The summed E-state index contributed by atoms with van der Waals surface area (Å²) < 4.78 is 11.3. The van der Waals surface area contributed by atoms with Gasteiger partial charge in [-0.1, -0.05) is 32.9 Å². The van der Waals surface area contributed by atoms with Crippen molar-refractivity contribution in [3.8, 4) is 11.5 Å². The number of fused-ring (bicyclic) bond motifs is 2. The number of ether oxygens (including phenoxy) is 2. The molecule has 0 radical (unpaired) electrons. The van der Waals surface area contributed by atoms with Crippen molar-refractivity contribution < 1.29 is 29.0 Å². The molecule has 5 atom stereocenters. The quantitative estimate of drug-likeness (QED) is 0.341. The fourth-order valence-corrected chi connectivity index (χ4v) is 7.61. The summed E-state index contributed by atoms with van der Waals surface area (Å²) in [6.07, 6.45) is 7.14. The first-order chi connectivity index (χ1) is 19.0. The molecule has 2 aromatic rings. The van der Waals surface area contributed by atoms with E-state index in [1.165, 1.54) is 37.0 Å². The van der Waals surface area contributed by atoms with Crippen LogP contribution in [0.5, 0.6) is 11.5 Å². The lowest BCUT2D eigenvalue weighted by Crippen LogP contribution is -2.49. The molecule has 2 aliphatic carbocycles. The van der Waals surface area contributed by atoms with Crippen molar-refractivity contribution in [2.45, 2.75) is 71.1 Å². The van der Waals surface area contributed by atoms with E-state index in [2.05, 4.69) is 26.1 Å². The van der Waals surface area contributed by atoms with Gasteiger partial charge in [0, 0.05) is 22.9 Å². The molecule has 2 amide bonds. The van der Waals surface area contributed by atoms with E-state index in [4.69, 9.17) is 9.47 Å². The predicted molar refractivity (Wildman–Crippen MR) is 153 cm³/mol. The number of likely N-dealkylation sites (tertiary alicyclic amines) is 1. The lowest BCUT2D eigenvalue weighted by Gasteiger charge is -2.39. The van der Waals surface area contributed by atoms with Crippen LogP contribution in [0.1, 0.15) is 69.4 Å². The Morgan fingerprint density at radius 1 is 1.20 bits per heavy atom. The van der Waals surface area contributed by atoms with Gasteiger partial charge < -0.3 is 24.8 Å².